The molecule has 8 nitrogen and oxygen atoms in total. The summed E-state index contributed by atoms with van der Waals surface area (Å²) >= 11 is 0. The molecule has 0 spiro atoms. The Morgan fingerprint density at radius 1 is 1.11 bits per heavy atom. The second-order valence-electron chi connectivity index (χ2n) is 9.81. The van der Waals surface area contributed by atoms with Gasteiger partial charge in [0.1, 0.15) is 0 Å². The molecule has 180 valence electrons. The number of hydrogen-bond acceptors (Lipinski definition) is 6. The van der Waals surface area contributed by atoms with Crippen LogP contribution in [0.2, 0.25) is 0 Å². The fourth-order valence-electron chi connectivity index (χ4n) is 5.00. The van der Waals surface area contributed by atoms with Crippen LogP contribution in [0.4, 0.5) is 0 Å². The molecule has 6 rings (SSSR count). The molecular weight excluding hydrogens is 442 g/mol. The van der Waals surface area contributed by atoms with Crippen LogP contribution in [0.3, 0.4) is 0 Å². The minimum absolute atomic E-state index is 0.119. The average molecular weight is 472 g/mol. The number of benzene rings is 1. The van der Waals surface area contributed by atoms with Crippen molar-refractivity contribution in [3.8, 4) is 11.3 Å². The predicted octanol–water partition coefficient (Wildman–Crippen LogP) is 3.52. The Morgan fingerprint density at radius 2 is 1.97 bits per heavy atom. The number of aryl methyl sites for hydroxylation is 1. The molecule has 0 bridgehead atoms. The molecule has 1 aliphatic carbocycles. The van der Waals surface area contributed by atoms with E-state index in [9.17, 15) is 9.90 Å². The van der Waals surface area contributed by atoms with Gasteiger partial charge in [0.15, 0.2) is 0 Å². The lowest BCUT2D eigenvalue weighted by atomic mass is 9.95. The Kier molecular flexibility index (Phi) is 5.50. The number of ether oxygens (including phenoxy) is 1. The first-order valence-electron chi connectivity index (χ1n) is 12.2. The first-order chi connectivity index (χ1) is 17.0. The van der Waals surface area contributed by atoms with Gasteiger partial charge < -0.3 is 9.84 Å². The SMILES string of the molecule is Cc1c(Cc2ccc(-c3cnn(C4CC4)c3)nc2)cc2c(=O)n([C@H]3CCOC[C@@H]3O)cnc2c1C. The summed E-state index contributed by atoms with van der Waals surface area (Å²) in [5.74, 6) is 0. The van der Waals surface area contributed by atoms with Gasteiger partial charge in [0.25, 0.3) is 5.56 Å². The van der Waals surface area contributed by atoms with E-state index >= 15 is 0 Å². The summed E-state index contributed by atoms with van der Waals surface area (Å²) in [5, 5.41) is 15.4. The van der Waals surface area contributed by atoms with E-state index in [1.165, 1.54) is 12.8 Å². The van der Waals surface area contributed by atoms with Gasteiger partial charge in [0.05, 0.1) is 53.9 Å². The third kappa shape index (κ3) is 4.06. The van der Waals surface area contributed by atoms with Crippen molar-refractivity contribution in [2.24, 2.45) is 0 Å². The number of nitrogens with zero attached hydrogens (tertiary/aromatic N) is 5. The first kappa shape index (κ1) is 22.1. The minimum atomic E-state index is -0.715. The molecular formula is C27H29N5O3. The number of aliphatic hydroxyl groups is 1. The predicted molar refractivity (Wildman–Crippen MR) is 132 cm³/mol. The summed E-state index contributed by atoms with van der Waals surface area (Å²) in [6.07, 6.45) is 10.4. The maximum absolute atomic E-state index is 13.4. The summed E-state index contributed by atoms with van der Waals surface area (Å²) in [5.41, 5.74) is 6.83. The van der Waals surface area contributed by atoms with Crippen molar-refractivity contribution < 1.29 is 9.84 Å². The summed E-state index contributed by atoms with van der Waals surface area (Å²) in [6.45, 7) is 4.85. The average Bonchev–Trinajstić information content (AvgIpc) is 3.60. The highest BCUT2D eigenvalue weighted by molar-refractivity contribution is 5.83. The fourth-order valence-corrected chi connectivity index (χ4v) is 5.00. The summed E-state index contributed by atoms with van der Waals surface area (Å²) in [4.78, 5) is 22.7. The van der Waals surface area contributed by atoms with Crippen LogP contribution in [0, 0.1) is 13.8 Å². The van der Waals surface area contributed by atoms with Crippen molar-refractivity contribution in [1.29, 1.82) is 0 Å². The van der Waals surface area contributed by atoms with Gasteiger partial charge in [0, 0.05) is 24.6 Å². The van der Waals surface area contributed by atoms with Crippen molar-refractivity contribution in [2.75, 3.05) is 13.2 Å². The Balaban J connectivity index is 1.31. The lowest BCUT2D eigenvalue weighted by molar-refractivity contribution is -0.0395. The lowest BCUT2D eigenvalue weighted by Gasteiger charge is -2.29. The standard InChI is InChI=1S/C27H29N5O3/c1-16-17(2)26-22(27(34)31(15-29-26)24-7-8-35-14-25(24)33)10-19(16)9-18-3-6-23(28-11-18)20-12-30-32(13-20)21-4-5-21/h3,6,10-13,15,21,24-25,33H,4-5,7-9,14H2,1-2H3/t24-,25-/m0/s1. The quantitative estimate of drug-likeness (QED) is 0.479. The highest BCUT2D eigenvalue weighted by Gasteiger charge is 2.27. The number of aromatic nitrogens is 5. The second-order valence-corrected chi connectivity index (χ2v) is 9.81. The van der Waals surface area contributed by atoms with Crippen LogP contribution in [0.25, 0.3) is 22.2 Å². The number of hydrogen-bond donors (Lipinski definition) is 1. The van der Waals surface area contributed by atoms with Crippen LogP contribution in [-0.4, -0.2) is 48.7 Å². The minimum Gasteiger partial charge on any atom is -0.389 e. The molecule has 2 atom stereocenters. The molecule has 1 aliphatic heterocycles. The van der Waals surface area contributed by atoms with Crippen molar-refractivity contribution >= 4 is 10.9 Å². The topological polar surface area (TPSA) is 95.1 Å². The molecule has 3 aromatic heterocycles. The molecule has 4 heterocycles. The number of aliphatic hydroxyl groups excluding tert-OH is 1. The van der Waals surface area contributed by atoms with E-state index in [-0.39, 0.29) is 18.2 Å². The Bertz CT molecular complexity index is 1450. The normalized spacial score (nSPS) is 20.4. The number of rotatable bonds is 5. The Morgan fingerprint density at radius 3 is 2.71 bits per heavy atom. The molecule has 35 heavy (non-hydrogen) atoms. The molecule has 1 aromatic carbocycles. The fraction of sp³-hybridized carbons (Fsp3) is 0.407. The van der Waals surface area contributed by atoms with Crippen LogP contribution in [0.1, 0.15) is 53.6 Å². The number of pyridine rings is 1. The second kappa shape index (κ2) is 8.70. The Labute approximate surface area is 203 Å². The van der Waals surface area contributed by atoms with E-state index in [1.54, 1.807) is 10.9 Å². The maximum Gasteiger partial charge on any atom is 0.261 e. The molecule has 0 amide bonds. The zero-order valence-corrected chi connectivity index (χ0v) is 20.0. The van der Waals surface area contributed by atoms with Gasteiger partial charge in [-0.2, -0.15) is 5.10 Å². The highest BCUT2D eigenvalue weighted by Crippen LogP contribution is 2.35. The van der Waals surface area contributed by atoms with Crippen molar-refractivity contribution in [1.82, 2.24) is 24.3 Å². The molecule has 8 heteroatoms. The van der Waals surface area contributed by atoms with Crippen LogP contribution in [-0.2, 0) is 11.2 Å². The molecule has 4 aromatic rings. The summed E-state index contributed by atoms with van der Waals surface area (Å²) in [6, 6.07) is 6.32. The van der Waals surface area contributed by atoms with Gasteiger partial charge >= 0.3 is 0 Å². The van der Waals surface area contributed by atoms with Gasteiger partial charge in [-0.3, -0.25) is 19.0 Å². The monoisotopic (exact) mass is 471 g/mol. The van der Waals surface area contributed by atoms with Gasteiger partial charge in [-0.25, -0.2) is 4.98 Å². The zero-order valence-electron chi connectivity index (χ0n) is 20.0. The van der Waals surface area contributed by atoms with Gasteiger partial charge in [-0.1, -0.05) is 6.07 Å². The highest BCUT2D eigenvalue weighted by atomic mass is 16.5. The van der Waals surface area contributed by atoms with Gasteiger partial charge in [-0.05, 0) is 73.9 Å². The molecule has 0 unspecified atom stereocenters. The third-order valence-corrected chi connectivity index (χ3v) is 7.43. The lowest BCUT2D eigenvalue weighted by Crippen LogP contribution is -2.39. The largest absolute Gasteiger partial charge is 0.389 e. The van der Waals surface area contributed by atoms with E-state index in [1.807, 2.05) is 36.1 Å². The van der Waals surface area contributed by atoms with E-state index in [4.69, 9.17) is 4.74 Å². The third-order valence-electron chi connectivity index (χ3n) is 7.43. The van der Waals surface area contributed by atoms with Crippen molar-refractivity contribution in [2.45, 2.75) is 57.7 Å². The molecule has 1 saturated heterocycles. The molecule has 0 radical (unpaired) electrons. The van der Waals surface area contributed by atoms with E-state index in [0.29, 0.717) is 30.9 Å². The Hall–Kier alpha value is -3.36. The molecule has 1 saturated carbocycles. The first-order valence-corrected chi connectivity index (χ1v) is 12.2. The van der Waals surface area contributed by atoms with Crippen molar-refractivity contribution in [3.63, 3.8) is 0 Å². The summed E-state index contributed by atoms with van der Waals surface area (Å²) in [7, 11) is 0. The van der Waals surface area contributed by atoms with Crippen LogP contribution in [0.5, 0.6) is 0 Å². The van der Waals surface area contributed by atoms with Gasteiger partial charge in [0.2, 0.25) is 0 Å². The molecule has 1 N–H and O–H groups in total. The van der Waals surface area contributed by atoms with Crippen LogP contribution < -0.4 is 5.56 Å². The van der Waals surface area contributed by atoms with Crippen LogP contribution in [0.15, 0.2) is 47.9 Å². The molecule has 2 aliphatic rings. The van der Waals surface area contributed by atoms with Crippen LogP contribution >= 0.6 is 0 Å². The maximum atomic E-state index is 13.4. The van der Waals surface area contributed by atoms with E-state index in [2.05, 4.69) is 34.3 Å². The molecule has 2 fully saturated rings. The zero-order chi connectivity index (χ0) is 24.1. The summed E-state index contributed by atoms with van der Waals surface area (Å²) < 4.78 is 8.95. The smallest absolute Gasteiger partial charge is 0.261 e. The van der Waals surface area contributed by atoms with E-state index < -0.39 is 6.10 Å². The number of fused-ring (bicyclic) bond motifs is 1. The van der Waals surface area contributed by atoms with E-state index in [0.717, 1.165) is 39.0 Å². The van der Waals surface area contributed by atoms with Gasteiger partial charge in [-0.15, -0.1) is 0 Å². The van der Waals surface area contributed by atoms with Crippen molar-refractivity contribution in [3.05, 3.63) is 75.7 Å².